The van der Waals surface area contributed by atoms with Crippen molar-refractivity contribution in [2.75, 3.05) is 5.75 Å². The Balaban J connectivity index is 2.26. The van der Waals surface area contributed by atoms with Gasteiger partial charge in [-0.15, -0.1) is 11.8 Å². The van der Waals surface area contributed by atoms with Gasteiger partial charge in [0.15, 0.2) is 0 Å². The SMILES string of the molecule is CC(C)N1C(=O)NC(=O)C2C(CC(N)=O)CCSC21. The van der Waals surface area contributed by atoms with Crippen molar-refractivity contribution in [3.05, 3.63) is 0 Å². The van der Waals surface area contributed by atoms with E-state index in [-0.39, 0.29) is 41.6 Å². The largest absolute Gasteiger partial charge is 0.370 e. The molecule has 7 heteroatoms. The second kappa shape index (κ2) is 5.40. The molecule has 2 fully saturated rings. The molecule has 3 unspecified atom stereocenters. The Morgan fingerprint density at radius 1 is 1.53 bits per heavy atom. The van der Waals surface area contributed by atoms with Crippen molar-refractivity contribution in [2.24, 2.45) is 17.6 Å². The van der Waals surface area contributed by atoms with Crippen LogP contribution in [0.3, 0.4) is 0 Å². The molecule has 6 nitrogen and oxygen atoms in total. The van der Waals surface area contributed by atoms with Gasteiger partial charge in [0.2, 0.25) is 11.8 Å². The molecule has 2 rings (SSSR count). The molecule has 2 saturated heterocycles. The smallest absolute Gasteiger partial charge is 0.325 e. The zero-order chi connectivity index (χ0) is 14.2. The van der Waals surface area contributed by atoms with Crippen LogP contribution in [0.25, 0.3) is 0 Å². The predicted molar refractivity (Wildman–Crippen MR) is 72.2 cm³/mol. The van der Waals surface area contributed by atoms with Gasteiger partial charge in [-0.3, -0.25) is 14.9 Å². The maximum absolute atomic E-state index is 12.1. The number of nitrogens with two attached hydrogens (primary N) is 1. The zero-order valence-corrected chi connectivity index (χ0v) is 11.9. The average molecular weight is 285 g/mol. The lowest BCUT2D eigenvalue weighted by atomic mass is 9.84. The molecular weight excluding hydrogens is 266 g/mol. The number of hydrogen-bond acceptors (Lipinski definition) is 4. The Morgan fingerprint density at radius 3 is 2.79 bits per heavy atom. The van der Waals surface area contributed by atoms with Gasteiger partial charge in [-0.05, 0) is 31.9 Å². The Morgan fingerprint density at radius 2 is 2.21 bits per heavy atom. The van der Waals surface area contributed by atoms with Crippen molar-refractivity contribution in [3.63, 3.8) is 0 Å². The van der Waals surface area contributed by atoms with Crippen LogP contribution < -0.4 is 11.1 Å². The van der Waals surface area contributed by atoms with Crippen LogP contribution in [0, 0.1) is 11.8 Å². The lowest BCUT2D eigenvalue weighted by molar-refractivity contribution is -0.130. The van der Waals surface area contributed by atoms with E-state index < -0.39 is 5.91 Å². The van der Waals surface area contributed by atoms with Crippen LogP contribution in [0.2, 0.25) is 0 Å². The van der Waals surface area contributed by atoms with Gasteiger partial charge in [-0.1, -0.05) is 0 Å². The van der Waals surface area contributed by atoms with Gasteiger partial charge in [0.25, 0.3) is 0 Å². The lowest BCUT2D eigenvalue weighted by Crippen LogP contribution is -2.63. The Hall–Kier alpha value is -1.24. The van der Waals surface area contributed by atoms with E-state index in [9.17, 15) is 14.4 Å². The first-order chi connectivity index (χ1) is 8.91. The highest BCUT2D eigenvalue weighted by molar-refractivity contribution is 7.99. The molecule has 19 heavy (non-hydrogen) atoms. The predicted octanol–water partition coefficient (Wildman–Crippen LogP) is 0.517. The van der Waals surface area contributed by atoms with E-state index >= 15 is 0 Å². The molecule has 2 heterocycles. The summed E-state index contributed by atoms with van der Waals surface area (Å²) in [5, 5.41) is 2.21. The molecule has 106 valence electrons. The highest BCUT2D eigenvalue weighted by Gasteiger charge is 2.48. The molecule has 0 aromatic rings. The normalized spacial score (nSPS) is 31.1. The van der Waals surface area contributed by atoms with E-state index in [1.165, 1.54) is 0 Å². The summed E-state index contributed by atoms with van der Waals surface area (Å²) in [7, 11) is 0. The highest BCUT2D eigenvalue weighted by Crippen LogP contribution is 2.41. The summed E-state index contributed by atoms with van der Waals surface area (Å²) in [5.74, 6) is -0.241. The minimum atomic E-state index is -0.392. The molecule has 4 amide bonds. The van der Waals surface area contributed by atoms with E-state index in [2.05, 4.69) is 5.32 Å². The van der Waals surface area contributed by atoms with Gasteiger partial charge >= 0.3 is 6.03 Å². The van der Waals surface area contributed by atoms with Crippen LogP contribution in [0.15, 0.2) is 0 Å². The van der Waals surface area contributed by atoms with Crippen LogP contribution in [-0.4, -0.2) is 39.9 Å². The number of urea groups is 1. The van der Waals surface area contributed by atoms with Gasteiger partial charge in [0, 0.05) is 12.5 Å². The Bertz CT molecular complexity index is 413. The molecule has 2 aliphatic rings. The second-order valence-electron chi connectivity index (χ2n) is 5.30. The first-order valence-corrected chi connectivity index (χ1v) is 7.49. The molecule has 3 N–H and O–H groups in total. The minimum absolute atomic E-state index is 0.0143. The number of hydrogen-bond donors (Lipinski definition) is 2. The number of carbonyl (C=O) groups is 3. The lowest BCUT2D eigenvalue weighted by Gasteiger charge is -2.47. The van der Waals surface area contributed by atoms with E-state index in [4.69, 9.17) is 5.73 Å². The third-order valence-electron chi connectivity index (χ3n) is 3.65. The van der Waals surface area contributed by atoms with Crippen LogP contribution in [0.5, 0.6) is 0 Å². The molecule has 0 aromatic carbocycles. The first-order valence-electron chi connectivity index (χ1n) is 6.45. The van der Waals surface area contributed by atoms with E-state index in [0.717, 1.165) is 12.2 Å². The summed E-state index contributed by atoms with van der Waals surface area (Å²) in [6.45, 7) is 3.84. The summed E-state index contributed by atoms with van der Waals surface area (Å²) in [5.41, 5.74) is 5.25. The molecule has 3 atom stereocenters. The van der Waals surface area contributed by atoms with Crippen molar-refractivity contribution in [3.8, 4) is 0 Å². The Kier molecular flexibility index (Phi) is 4.03. The van der Waals surface area contributed by atoms with Crippen molar-refractivity contribution in [2.45, 2.75) is 38.1 Å². The molecule has 0 aromatic heterocycles. The zero-order valence-electron chi connectivity index (χ0n) is 11.1. The van der Waals surface area contributed by atoms with Gasteiger partial charge < -0.3 is 10.6 Å². The topological polar surface area (TPSA) is 92.5 Å². The standard InChI is InChI=1S/C12H19N3O3S/c1-6(2)15-11-9(10(17)14-12(15)18)7(3-4-19-11)5-8(13)16/h6-7,9,11H,3-5H2,1-2H3,(H2,13,16)(H,14,17,18). The number of primary amides is 1. The maximum Gasteiger partial charge on any atom is 0.325 e. The molecule has 0 spiro atoms. The Labute approximate surface area is 116 Å². The molecule has 0 radical (unpaired) electrons. The highest BCUT2D eigenvalue weighted by atomic mass is 32.2. The van der Waals surface area contributed by atoms with Crippen LogP contribution >= 0.6 is 11.8 Å². The molecule has 0 aliphatic carbocycles. The van der Waals surface area contributed by atoms with Gasteiger partial charge in [0.05, 0.1) is 11.3 Å². The maximum atomic E-state index is 12.1. The van der Waals surface area contributed by atoms with E-state index in [1.807, 2.05) is 13.8 Å². The first kappa shape index (κ1) is 14.2. The van der Waals surface area contributed by atoms with Gasteiger partial charge in [-0.2, -0.15) is 0 Å². The number of nitrogens with one attached hydrogen (secondary N) is 1. The van der Waals surface area contributed by atoms with Crippen molar-refractivity contribution in [1.29, 1.82) is 0 Å². The minimum Gasteiger partial charge on any atom is -0.370 e. The van der Waals surface area contributed by atoms with Crippen molar-refractivity contribution >= 4 is 29.6 Å². The van der Waals surface area contributed by atoms with Crippen LogP contribution in [0.1, 0.15) is 26.7 Å². The number of thioether (sulfide) groups is 1. The number of amides is 4. The van der Waals surface area contributed by atoms with Crippen molar-refractivity contribution in [1.82, 2.24) is 10.2 Å². The van der Waals surface area contributed by atoms with E-state index in [0.29, 0.717) is 0 Å². The van der Waals surface area contributed by atoms with Gasteiger partial charge in [0.1, 0.15) is 0 Å². The number of imide groups is 1. The van der Waals surface area contributed by atoms with E-state index in [1.54, 1.807) is 16.7 Å². The molecule has 2 aliphatic heterocycles. The fourth-order valence-electron chi connectivity index (χ4n) is 2.84. The van der Waals surface area contributed by atoms with Crippen molar-refractivity contribution < 1.29 is 14.4 Å². The fraction of sp³-hybridized carbons (Fsp3) is 0.750. The van der Waals surface area contributed by atoms with Gasteiger partial charge in [-0.25, -0.2) is 4.79 Å². The summed E-state index contributed by atoms with van der Waals surface area (Å²) in [4.78, 5) is 36.8. The molecule has 0 bridgehead atoms. The third kappa shape index (κ3) is 2.70. The fourth-order valence-corrected chi connectivity index (χ4v) is 4.57. The number of carbonyl (C=O) groups excluding carboxylic acids is 3. The van der Waals surface area contributed by atoms with Crippen LogP contribution in [-0.2, 0) is 9.59 Å². The summed E-state index contributed by atoms with van der Waals surface area (Å²) < 4.78 is 0. The molecule has 0 saturated carbocycles. The average Bonchev–Trinajstić information content (AvgIpc) is 2.26. The quantitative estimate of drug-likeness (QED) is 0.790. The summed E-state index contributed by atoms with van der Waals surface area (Å²) in [6.07, 6.45) is 0.984. The second-order valence-corrected chi connectivity index (χ2v) is 6.53. The number of fused-ring (bicyclic) bond motifs is 1. The molecular formula is C12H19N3O3S. The monoisotopic (exact) mass is 285 g/mol. The summed E-state index contributed by atoms with van der Waals surface area (Å²) >= 11 is 1.61. The summed E-state index contributed by atoms with van der Waals surface area (Å²) in [6, 6.07) is -0.325. The van der Waals surface area contributed by atoms with Crippen LogP contribution in [0.4, 0.5) is 4.79 Å². The number of nitrogens with zero attached hydrogens (tertiary/aromatic N) is 1. The number of rotatable bonds is 3. The third-order valence-corrected chi connectivity index (χ3v) is 4.99.